The average Bonchev–Trinajstić information content (AvgIpc) is 3.21. The van der Waals surface area contributed by atoms with Gasteiger partial charge in [0.1, 0.15) is 0 Å². The molecule has 2 rings (SSSR count). The number of benzene rings is 2. The maximum Gasteiger partial charge on any atom is 0.375 e. The summed E-state index contributed by atoms with van der Waals surface area (Å²) in [5.41, 5.74) is 1.89. The van der Waals surface area contributed by atoms with Crippen molar-refractivity contribution in [3.8, 4) is 0 Å². The fourth-order valence-corrected chi connectivity index (χ4v) is 17.3. The van der Waals surface area contributed by atoms with Crippen molar-refractivity contribution in [2.45, 2.75) is 131 Å². The van der Waals surface area contributed by atoms with E-state index in [9.17, 15) is 18.3 Å². The van der Waals surface area contributed by atoms with Gasteiger partial charge in [-0.2, -0.15) is 0 Å². The quantitative estimate of drug-likeness (QED) is 0.0481. The topological polar surface area (TPSA) is 161 Å². The standard InChI is InChI=1S/C22H40O7P2.C20H36O7P2/c1-6-11-20-25-22(30(23,26-7-2)27-8-3,31(24,28-9-4)29-10-5)19-15-18-21-16-13-12-14-17-21;1-6-11-17-23-20(18-19-15-13-12-14-16-19,28(21,24-7-2)25-8-3)29(22,26-9-4)27-10-5/h12-14,16-17H,6-11,15,18-20H2,1-5H3;12-16H,6-11,17-18H2,1-5H3. The van der Waals surface area contributed by atoms with E-state index in [1.807, 2.05) is 74.5 Å². The van der Waals surface area contributed by atoms with Crippen molar-refractivity contribution in [2.24, 2.45) is 0 Å². The van der Waals surface area contributed by atoms with Crippen LogP contribution in [0, 0.1) is 0 Å². The molecule has 0 saturated heterocycles. The van der Waals surface area contributed by atoms with Gasteiger partial charge in [-0.25, -0.2) is 0 Å². The Balaban J connectivity index is 0.000000601. The number of aryl methyl sites for hydroxylation is 1. The summed E-state index contributed by atoms with van der Waals surface area (Å²) >= 11 is 0. The second kappa shape index (κ2) is 30.2. The second-order valence-corrected chi connectivity index (χ2v) is 22.9. The third-order valence-corrected chi connectivity index (χ3v) is 21.3. The van der Waals surface area contributed by atoms with Crippen LogP contribution in [0.2, 0.25) is 0 Å². The molecular formula is C42H76O14P4. The largest absolute Gasteiger partial charge is 0.375 e. The average molecular weight is 929 g/mol. The molecule has 0 radical (unpaired) electrons. The monoisotopic (exact) mass is 928 g/mol. The van der Waals surface area contributed by atoms with Gasteiger partial charge >= 0.3 is 30.4 Å². The predicted octanol–water partition coefficient (Wildman–Crippen LogP) is 13.2. The number of ether oxygens (including phenoxy) is 2. The first kappa shape index (κ1) is 57.0. The molecule has 0 aromatic heterocycles. The maximum absolute atomic E-state index is 14.2. The summed E-state index contributed by atoms with van der Waals surface area (Å²) in [4.78, 5) is 0. The molecule has 18 heteroatoms. The van der Waals surface area contributed by atoms with Gasteiger partial charge in [-0.15, -0.1) is 0 Å². The Bertz CT molecular complexity index is 1500. The van der Waals surface area contributed by atoms with Crippen molar-refractivity contribution in [1.29, 1.82) is 0 Å². The van der Waals surface area contributed by atoms with Crippen LogP contribution in [0.15, 0.2) is 60.7 Å². The fraction of sp³-hybridized carbons (Fsp3) is 0.714. The Morgan fingerprint density at radius 1 is 0.400 bits per heavy atom. The van der Waals surface area contributed by atoms with Gasteiger partial charge in [0.15, 0.2) is 0 Å². The van der Waals surface area contributed by atoms with E-state index < -0.39 is 40.5 Å². The molecule has 0 aliphatic carbocycles. The fourth-order valence-electron chi connectivity index (χ4n) is 6.31. The van der Waals surface area contributed by atoms with Gasteiger partial charge < -0.3 is 45.7 Å². The highest BCUT2D eigenvalue weighted by Gasteiger charge is 2.68. The van der Waals surface area contributed by atoms with Crippen LogP contribution < -0.4 is 0 Å². The van der Waals surface area contributed by atoms with E-state index >= 15 is 0 Å². The molecule has 0 aliphatic rings. The Kier molecular flexibility index (Phi) is 28.6. The van der Waals surface area contributed by atoms with Crippen LogP contribution >= 0.6 is 30.4 Å². The summed E-state index contributed by atoms with van der Waals surface area (Å²) in [6, 6.07) is 19.2. The maximum atomic E-state index is 14.2. The second-order valence-electron chi connectivity index (χ2n) is 13.2. The first-order valence-corrected chi connectivity index (χ1v) is 27.9. The lowest BCUT2D eigenvalue weighted by molar-refractivity contribution is 0.00858. The Morgan fingerprint density at radius 2 is 0.700 bits per heavy atom. The predicted molar refractivity (Wildman–Crippen MR) is 240 cm³/mol. The normalized spacial score (nSPS) is 13.0. The molecule has 0 spiro atoms. The highest BCUT2D eigenvalue weighted by Crippen LogP contribution is 2.80. The lowest BCUT2D eigenvalue weighted by Crippen LogP contribution is -2.39. The number of rotatable bonds is 34. The molecule has 0 atom stereocenters. The van der Waals surface area contributed by atoms with Crippen molar-refractivity contribution >= 4 is 30.4 Å². The van der Waals surface area contributed by atoms with E-state index in [2.05, 4.69) is 0 Å². The summed E-state index contributed by atoms with van der Waals surface area (Å²) < 4.78 is 114. The summed E-state index contributed by atoms with van der Waals surface area (Å²) in [7, 11) is -16.2. The Hall–Kier alpha value is -1.04. The minimum atomic E-state index is -4.08. The van der Waals surface area contributed by atoms with Crippen molar-refractivity contribution in [2.75, 3.05) is 66.1 Å². The van der Waals surface area contributed by atoms with E-state index in [0.29, 0.717) is 25.7 Å². The zero-order valence-corrected chi connectivity index (χ0v) is 41.6. The van der Waals surface area contributed by atoms with E-state index in [4.69, 9.17) is 45.7 Å². The van der Waals surface area contributed by atoms with Crippen LogP contribution in [0.4, 0.5) is 0 Å². The van der Waals surface area contributed by atoms with Crippen molar-refractivity contribution in [3.05, 3.63) is 71.8 Å². The molecule has 14 nitrogen and oxygen atoms in total. The van der Waals surface area contributed by atoms with Gasteiger partial charge in [-0.3, -0.25) is 18.3 Å². The molecule has 0 bridgehead atoms. The summed E-state index contributed by atoms with van der Waals surface area (Å²) in [5, 5.41) is -3.74. The summed E-state index contributed by atoms with van der Waals surface area (Å²) in [5.74, 6) is 0. The van der Waals surface area contributed by atoms with Gasteiger partial charge in [-0.1, -0.05) is 87.4 Å². The minimum Gasteiger partial charge on any atom is -0.352 e. The number of hydrogen-bond acceptors (Lipinski definition) is 14. The van der Waals surface area contributed by atoms with Gasteiger partial charge in [0.2, 0.25) is 0 Å². The Morgan fingerprint density at radius 3 is 1.02 bits per heavy atom. The van der Waals surface area contributed by atoms with Crippen LogP contribution in [0.3, 0.4) is 0 Å². The lowest BCUT2D eigenvalue weighted by Gasteiger charge is -2.42. The summed E-state index contributed by atoms with van der Waals surface area (Å²) in [6.07, 6.45) is 4.50. The zero-order chi connectivity index (χ0) is 45.0. The van der Waals surface area contributed by atoms with Gasteiger partial charge in [0.25, 0.3) is 10.2 Å². The van der Waals surface area contributed by atoms with Crippen LogP contribution in [-0.4, -0.2) is 76.2 Å². The van der Waals surface area contributed by atoms with Crippen LogP contribution in [-0.2, 0) is 76.8 Å². The molecule has 0 unspecified atom stereocenters. The van der Waals surface area contributed by atoms with E-state index in [1.54, 1.807) is 55.4 Å². The SMILES string of the molecule is CCCCOC(CCCc1ccccc1)(P(=O)(OCC)OCC)P(=O)(OCC)OCC.CCCCOC(Cc1ccccc1)(P(=O)(OCC)OCC)P(=O)(OCC)OCC. The molecule has 0 amide bonds. The Labute approximate surface area is 361 Å². The first-order valence-electron chi connectivity index (χ1n) is 21.7. The summed E-state index contributed by atoms with van der Waals surface area (Å²) in [6.45, 7) is 19.1. The molecule has 0 aliphatic heterocycles. The number of unbranched alkanes of at least 4 members (excludes halogenated alkanes) is 2. The highest BCUT2D eigenvalue weighted by molar-refractivity contribution is 7.74. The molecular weight excluding hydrogens is 852 g/mol. The molecule has 0 N–H and O–H groups in total. The molecule has 348 valence electrons. The molecule has 0 heterocycles. The third kappa shape index (κ3) is 15.6. The van der Waals surface area contributed by atoms with Crippen molar-refractivity contribution < 1.29 is 63.9 Å². The highest BCUT2D eigenvalue weighted by atomic mass is 31.2. The lowest BCUT2D eigenvalue weighted by atomic mass is 10.1. The van der Waals surface area contributed by atoms with Crippen LogP contribution in [0.1, 0.15) is 119 Å². The van der Waals surface area contributed by atoms with Crippen molar-refractivity contribution in [3.63, 3.8) is 0 Å². The van der Waals surface area contributed by atoms with E-state index in [0.717, 1.165) is 24.0 Å². The molecule has 0 fully saturated rings. The molecule has 2 aromatic carbocycles. The van der Waals surface area contributed by atoms with Crippen LogP contribution in [0.25, 0.3) is 0 Å². The zero-order valence-electron chi connectivity index (χ0n) is 38.0. The molecule has 60 heavy (non-hydrogen) atoms. The van der Waals surface area contributed by atoms with E-state index in [-0.39, 0.29) is 78.9 Å². The van der Waals surface area contributed by atoms with Gasteiger partial charge in [0.05, 0.1) is 52.9 Å². The molecule has 0 saturated carbocycles. The number of hydrogen-bond donors (Lipinski definition) is 0. The van der Waals surface area contributed by atoms with Crippen LogP contribution in [0.5, 0.6) is 0 Å². The molecule has 2 aromatic rings. The van der Waals surface area contributed by atoms with E-state index in [1.165, 1.54) is 0 Å². The first-order chi connectivity index (χ1) is 28.8. The third-order valence-electron chi connectivity index (χ3n) is 8.85. The van der Waals surface area contributed by atoms with Gasteiger partial charge in [0, 0.05) is 26.1 Å². The van der Waals surface area contributed by atoms with Gasteiger partial charge in [-0.05, 0) is 92.2 Å². The smallest absolute Gasteiger partial charge is 0.352 e. The minimum absolute atomic E-state index is 0.00606. The van der Waals surface area contributed by atoms with Crippen molar-refractivity contribution in [1.82, 2.24) is 0 Å².